The van der Waals surface area contributed by atoms with E-state index < -0.39 is 0 Å². The first-order chi connectivity index (χ1) is 17.5. The zero-order valence-corrected chi connectivity index (χ0v) is 22.2. The molecule has 0 saturated heterocycles. The number of nitrogens with zero attached hydrogens (tertiary/aromatic N) is 2. The zero-order chi connectivity index (χ0) is 25.8. The maximum atomic E-state index is 12.0. The second-order valence-electron chi connectivity index (χ2n) is 9.68. The van der Waals surface area contributed by atoms with Gasteiger partial charge >= 0.3 is 5.97 Å². The van der Waals surface area contributed by atoms with Crippen molar-refractivity contribution in [1.82, 2.24) is 9.97 Å². The lowest BCUT2D eigenvalue weighted by molar-refractivity contribution is -0.150. The number of aromatic nitrogens is 2. The van der Waals surface area contributed by atoms with Crippen LogP contribution in [0.1, 0.15) is 71.8 Å². The molecular weight excluding hydrogens is 448 g/mol. The average Bonchev–Trinajstić information content (AvgIpc) is 2.88. The van der Waals surface area contributed by atoms with Gasteiger partial charge in [-0.15, -0.1) is 0 Å². The van der Waals surface area contributed by atoms with Crippen molar-refractivity contribution >= 4 is 5.97 Å². The molecule has 0 saturated carbocycles. The minimum absolute atomic E-state index is 0.161. The maximum absolute atomic E-state index is 12.0. The first-order valence-electron chi connectivity index (χ1n) is 13.3. The van der Waals surface area contributed by atoms with Gasteiger partial charge in [0.25, 0.3) is 0 Å². The van der Waals surface area contributed by atoms with E-state index in [0.29, 0.717) is 24.8 Å². The molecular formula is C31H40N2O3. The van der Waals surface area contributed by atoms with Crippen LogP contribution in [0.15, 0.2) is 60.9 Å². The van der Waals surface area contributed by atoms with E-state index in [-0.39, 0.29) is 12.1 Å². The van der Waals surface area contributed by atoms with E-state index in [0.717, 1.165) is 41.7 Å². The minimum atomic E-state index is -0.299. The summed E-state index contributed by atoms with van der Waals surface area (Å²) < 4.78 is 11.3. The van der Waals surface area contributed by atoms with Gasteiger partial charge in [0.05, 0.1) is 0 Å². The van der Waals surface area contributed by atoms with E-state index in [4.69, 9.17) is 9.47 Å². The lowest BCUT2D eigenvalue weighted by Gasteiger charge is -2.16. The van der Waals surface area contributed by atoms with E-state index >= 15 is 0 Å². The third-order valence-electron chi connectivity index (χ3n) is 6.23. The fourth-order valence-electron chi connectivity index (χ4n) is 4.17. The molecule has 0 fully saturated rings. The van der Waals surface area contributed by atoms with Gasteiger partial charge in [-0.3, -0.25) is 4.79 Å². The average molecular weight is 489 g/mol. The summed E-state index contributed by atoms with van der Waals surface area (Å²) in [6.07, 6.45) is 10.9. The fourth-order valence-corrected chi connectivity index (χ4v) is 4.17. The van der Waals surface area contributed by atoms with E-state index in [1.165, 1.54) is 24.8 Å². The minimum Gasteiger partial charge on any atom is -0.490 e. The molecule has 5 heteroatoms. The highest BCUT2D eigenvalue weighted by Crippen LogP contribution is 2.23. The van der Waals surface area contributed by atoms with Gasteiger partial charge in [0.2, 0.25) is 0 Å². The third-order valence-corrected chi connectivity index (χ3v) is 6.23. The SMILES string of the molecule is CCCCCc1ccc(-c2cnc(-c3ccc(OCC(C)OC(=O)CC(C)CCC)cc3)nc2)cc1. The van der Waals surface area contributed by atoms with Crippen LogP contribution < -0.4 is 4.74 Å². The summed E-state index contributed by atoms with van der Waals surface area (Å²) in [5.74, 6) is 1.58. The molecule has 0 aliphatic heterocycles. The molecule has 192 valence electrons. The van der Waals surface area contributed by atoms with Gasteiger partial charge in [0.15, 0.2) is 5.82 Å². The van der Waals surface area contributed by atoms with Crippen molar-refractivity contribution in [2.24, 2.45) is 5.92 Å². The second kappa shape index (κ2) is 14.4. The molecule has 0 N–H and O–H groups in total. The Bertz CT molecular complexity index is 1050. The lowest BCUT2D eigenvalue weighted by atomic mass is 10.0. The molecule has 0 radical (unpaired) electrons. The Hall–Kier alpha value is -3.21. The molecule has 36 heavy (non-hydrogen) atoms. The largest absolute Gasteiger partial charge is 0.490 e. The summed E-state index contributed by atoms with van der Waals surface area (Å²) in [5, 5.41) is 0. The normalized spacial score (nSPS) is 12.7. The van der Waals surface area contributed by atoms with Crippen LogP contribution >= 0.6 is 0 Å². The van der Waals surface area contributed by atoms with Crippen molar-refractivity contribution in [3.63, 3.8) is 0 Å². The van der Waals surface area contributed by atoms with Crippen LogP contribution in [0.3, 0.4) is 0 Å². The number of ether oxygens (including phenoxy) is 2. The molecule has 0 aliphatic rings. The predicted molar refractivity (Wildman–Crippen MR) is 146 cm³/mol. The molecule has 0 aliphatic carbocycles. The van der Waals surface area contributed by atoms with E-state index in [9.17, 15) is 4.79 Å². The topological polar surface area (TPSA) is 61.3 Å². The van der Waals surface area contributed by atoms with Crippen LogP contribution in [-0.4, -0.2) is 28.6 Å². The predicted octanol–water partition coefficient (Wildman–Crippen LogP) is 7.68. The molecule has 2 aromatic carbocycles. The summed E-state index contributed by atoms with van der Waals surface area (Å²) in [4.78, 5) is 21.2. The Labute approximate surface area is 216 Å². The molecule has 0 spiro atoms. The first kappa shape index (κ1) is 27.4. The molecule has 0 amide bonds. The fraction of sp³-hybridized carbons (Fsp3) is 0.452. The number of carbonyl (C=O) groups excluding carboxylic acids is 1. The Morgan fingerprint density at radius 3 is 2.14 bits per heavy atom. The van der Waals surface area contributed by atoms with Crippen LogP contribution in [0.5, 0.6) is 5.75 Å². The van der Waals surface area contributed by atoms with Crippen molar-refractivity contribution in [3.05, 3.63) is 66.5 Å². The number of aryl methyl sites for hydroxylation is 1. The summed E-state index contributed by atoms with van der Waals surface area (Å²) in [6.45, 7) is 8.60. The first-order valence-corrected chi connectivity index (χ1v) is 13.3. The third kappa shape index (κ3) is 8.78. The summed E-state index contributed by atoms with van der Waals surface area (Å²) in [6, 6.07) is 16.4. The Kier molecular flexibility index (Phi) is 10.9. The number of hydrogen-bond acceptors (Lipinski definition) is 5. The highest BCUT2D eigenvalue weighted by molar-refractivity contribution is 5.69. The van der Waals surface area contributed by atoms with Gasteiger partial charge in [-0.05, 0) is 61.1 Å². The highest BCUT2D eigenvalue weighted by atomic mass is 16.6. The smallest absolute Gasteiger partial charge is 0.306 e. The van der Waals surface area contributed by atoms with Crippen molar-refractivity contribution in [2.75, 3.05) is 6.61 Å². The van der Waals surface area contributed by atoms with Crippen LogP contribution in [-0.2, 0) is 16.0 Å². The molecule has 2 unspecified atom stereocenters. The Morgan fingerprint density at radius 1 is 0.833 bits per heavy atom. The summed E-state index contributed by atoms with van der Waals surface area (Å²) in [5.41, 5.74) is 4.43. The molecule has 1 heterocycles. The van der Waals surface area contributed by atoms with E-state index in [1.54, 1.807) is 0 Å². The molecule has 3 aromatic rings. The molecule has 5 nitrogen and oxygen atoms in total. The van der Waals surface area contributed by atoms with Crippen LogP contribution in [0.25, 0.3) is 22.5 Å². The molecule has 1 aromatic heterocycles. The molecule has 2 atom stereocenters. The number of carbonyl (C=O) groups is 1. The van der Waals surface area contributed by atoms with Gasteiger partial charge in [-0.1, -0.05) is 70.7 Å². The van der Waals surface area contributed by atoms with Gasteiger partial charge in [-0.25, -0.2) is 9.97 Å². The van der Waals surface area contributed by atoms with Crippen molar-refractivity contribution < 1.29 is 14.3 Å². The summed E-state index contributed by atoms with van der Waals surface area (Å²) >= 11 is 0. The Morgan fingerprint density at radius 2 is 1.50 bits per heavy atom. The van der Waals surface area contributed by atoms with Gasteiger partial charge in [0.1, 0.15) is 18.5 Å². The molecule has 3 rings (SSSR count). The second-order valence-corrected chi connectivity index (χ2v) is 9.68. The number of hydrogen-bond donors (Lipinski definition) is 0. The lowest BCUT2D eigenvalue weighted by Crippen LogP contribution is -2.23. The Balaban J connectivity index is 1.49. The highest BCUT2D eigenvalue weighted by Gasteiger charge is 2.14. The van der Waals surface area contributed by atoms with E-state index in [2.05, 4.69) is 55.0 Å². The van der Waals surface area contributed by atoms with Gasteiger partial charge in [-0.2, -0.15) is 0 Å². The number of rotatable bonds is 14. The maximum Gasteiger partial charge on any atom is 0.306 e. The van der Waals surface area contributed by atoms with Crippen LogP contribution in [0.4, 0.5) is 0 Å². The molecule has 0 bridgehead atoms. The van der Waals surface area contributed by atoms with E-state index in [1.807, 2.05) is 43.6 Å². The monoisotopic (exact) mass is 488 g/mol. The number of unbranched alkanes of at least 4 members (excludes halogenated alkanes) is 2. The van der Waals surface area contributed by atoms with Gasteiger partial charge < -0.3 is 9.47 Å². The van der Waals surface area contributed by atoms with Crippen molar-refractivity contribution in [1.29, 1.82) is 0 Å². The van der Waals surface area contributed by atoms with Crippen LogP contribution in [0.2, 0.25) is 0 Å². The standard InChI is InChI=1S/C31H40N2O3/c1-5-7-8-10-25-11-13-26(14-12-25)28-20-32-31(33-21-28)27-15-17-29(18-16-27)35-22-24(4)36-30(34)19-23(3)9-6-2/h11-18,20-21,23-24H,5-10,19,22H2,1-4H3. The number of benzene rings is 2. The van der Waals surface area contributed by atoms with Crippen molar-refractivity contribution in [2.45, 2.75) is 78.7 Å². The summed E-state index contributed by atoms with van der Waals surface area (Å²) in [7, 11) is 0. The van der Waals surface area contributed by atoms with Crippen molar-refractivity contribution in [3.8, 4) is 28.3 Å². The van der Waals surface area contributed by atoms with Crippen LogP contribution in [0, 0.1) is 5.92 Å². The zero-order valence-electron chi connectivity index (χ0n) is 22.2. The van der Waals surface area contributed by atoms with Gasteiger partial charge in [0, 0.05) is 29.9 Å². The quantitative estimate of drug-likeness (QED) is 0.172. The number of esters is 1.